The van der Waals surface area contributed by atoms with Crippen LogP contribution in [0.25, 0.3) is 11.1 Å². The highest BCUT2D eigenvalue weighted by Crippen LogP contribution is 2.44. The number of nitrogens with zero attached hydrogens (tertiary/aromatic N) is 2. The van der Waals surface area contributed by atoms with Gasteiger partial charge in [-0.15, -0.1) is 0 Å². The first-order valence-corrected chi connectivity index (χ1v) is 19.4. The number of Topliss-reactive ketones (excluding diaryl/α,β-unsaturated/α-hetero) is 2. The number of carbonyl (C=O) groups is 8. The number of fused-ring (bicyclic) bond motifs is 1. The van der Waals surface area contributed by atoms with E-state index < -0.39 is 84.9 Å². The number of hydrogen-bond donors (Lipinski definition) is 2. The minimum absolute atomic E-state index is 0.117. The number of methoxy groups -OCH3 is 2. The molecule has 0 unspecified atom stereocenters. The second kappa shape index (κ2) is 19.5. The smallest absolute Gasteiger partial charge is 0.407 e. The third kappa shape index (κ3) is 10.1. The number of ether oxygens (including phenoxy) is 6. The van der Waals surface area contributed by atoms with Gasteiger partial charge in [0.15, 0.2) is 30.5 Å². The fourth-order valence-electron chi connectivity index (χ4n) is 7.21. The monoisotopic (exact) mass is 822 g/mol. The van der Waals surface area contributed by atoms with Crippen molar-refractivity contribution in [3.63, 3.8) is 0 Å². The van der Waals surface area contributed by atoms with Crippen molar-refractivity contribution in [3.05, 3.63) is 47.5 Å². The Morgan fingerprint density at radius 3 is 1.61 bits per heavy atom. The van der Waals surface area contributed by atoms with Crippen LogP contribution in [0.15, 0.2) is 36.4 Å². The number of hydrogen-bond acceptors (Lipinski definition) is 14. The number of alkyl carbamates (subject to hydrolysis) is 2. The first-order chi connectivity index (χ1) is 28.2. The van der Waals surface area contributed by atoms with Gasteiger partial charge in [-0.05, 0) is 55.2 Å². The van der Waals surface area contributed by atoms with Crippen LogP contribution in [-0.4, -0.2) is 129 Å². The molecule has 59 heavy (non-hydrogen) atoms. The van der Waals surface area contributed by atoms with E-state index in [1.807, 2.05) is 0 Å². The number of carbonyl (C=O) groups excluding carboxylic acids is 8. The zero-order valence-electron chi connectivity index (χ0n) is 33.9. The standard InChI is InChI=1S/C41H50N4O14/c1-22(2)32(42-40(52)54-5)36(48)44-17-7-9-28(44)38(50)56-19-30(46)25-13-11-24(12-14-25)26-15-16-27(35-34(26)58-21-59-35)31(47)20-57-39(51)29-10-8-18-45(29)37(49)33(23(3)4)43-41(53)55-6/h11-16,22-23,28-29,32-33H,7-10,17-21H2,1-6H3,(H,42,52)(H,43,53)/t28-,29-,32-,33-/m0/s1. The summed E-state index contributed by atoms with van der Waals surface area (Å²) in [7, 11) is 2.38. The number of ketones is 2. The topological polar surface area (TPSA) is 222 Å². The molecule has 0 radical (unpaired) electrons. The largest absolute Gasteiger partial charge is 0.456 e. The van der Waals surface area contributed by atoms with Gasteiger partial charge < -0.3 is 48.9 Å². The maximum Gasteiger partial charge on any atom is 0.407 e. The number of rotatable bonds is 15. The number of esters is 2. The number of nitrogens with one attached hydrogen (secondary N) is 2. The molecule has 2 fully saturated rings. The molecule has 18 nitrogen and oxygen atoms in total. The summed E-state index contributed by atoms with van der Waals surface area (Å²) in [5.41, 5.74) is 1.56. The normalized spacial score (nSPS) is 17.9. The summed E-state index contributed by atoms with van der Waals surface area (Å²) >= 11 is 0. The Bertz CT molecular complexity index is 1950. The van der Waals surface area contributed by atoms with Crippen molar-refractivity contribution in [1.82, 2.24) is 20.4 Å². The Morgan fingerprint density at radius 1 is 0.661 bits per heavy atom. The van der Waals surface area contributed by atoms with Gasteiger partial charge in [0.05, 0.1) is 19.8 Å². The maximum atomic E-state index is 13.3. The van der Waals surface area contributed by atoms with Crippen molar-refractivity contribution in [1.29, 1.82) is 0 Å². The van der Waals surface area contributed by atoms with E-state index in [-0.39, 0.29) is 47.8 Å². The lowest BCUT2D eigenvalue weighted by atomic mass is 9.98. The first kappa shape index (κ1) is 43.9. The number of likely N-dealkylation sites (tertiary alicyclic amines) is 2. The van der Waals surface area contributed by atoms with Crippen molar-refractivity contribution in [2.75, 3.05) is 47.3 Å². The van der Waals surface area contributed by atoms with E-state index in [2.05, 4.69) is 20.1 Å². The van der Waals surface area contributed by atoms with E-state index in [1.165, 1.54) is 30.1 Å². The van der Waals surface area contributed by atoms with Crippen LogP contribution < -0.4 is 20.1 Å². The molecule has 18 heteroatoms. The summed E-state index contributed by atoms with van der Waals surface area (Å²) in [5, 5.41) is 5.03. The maximum absolute atomic E-state index is 13.3. The molecule has 0 spiro atoms. The highest BCUT2D eigenvalue weighted by Gasteiger charge is 2.41. The van der Waals surface area contributed by atoms with Crippen molar-refractivity contribution < 1.29 is 66.8 Å². The van der Waals surface area contributed by atoms with Gasteiger partial charge in [-0.3, -0.25) is 19.2 Å². The van der Waals surface area contributed by atoms with Crippen molar-refractivity contribution in [3.8, 4) is 22.6 Å². The SMILES string of the molecule is COC(=O)N[C@H](C(=O)N1CCC[C@H]1C(=O)OCC(=O)c1ccc(-c2ccc(C(=O)COC(=O)[C@@H]3CCCN3C(=O)[C@@H](NC(=O)OC)C(C)C)c3c2OCO3)cc1)C(C)C. The molecule has 0 bridgehead atoms. The molecule has 2 aromatic carbocycles. The Kier molecular flexibility index (Phi) is 14.5. The van der Waals surface area contributed by atoms with E-state index in [4.69, 9.17) is 18.9 Å². The van der Waals surface area contributed by atoms with E-state index in [0.717, 1.165) is 0 Å². The minimum atomic E-state index is -0.931. The lowest BCUT2D eigenvalue weighted by molar-refractivity contribution is -0.153. The van der Waals surface area contributed by atoms with Crippen LogP contribution in [0.3, 0.4) is 0 Å². The molecule has 2 saturated heterocycles. The molecule has 0 aromatic heterocycles. The second-order valence-corrected chi connectivity index (χ2v) is 15.0. The zero-order valence-corrected chi connectivity index (χ0v) is 33.9. The third-order valence-electron chi connectivity index (χ3n) is 10.4. The van der Waals surface area contributed by atoms with Crippen LogP contribution in [0.1, 0.15) is 74.1 Å². The van der Waals surface area contributed by atoms with E-state index in [9.17, 15) is 38.4 Å². The van der Waals surface area contributed by atoms with Gasteiger partial charge in [-0.1, -0.05) is 52.0 Å². The van der Waals surface area contributed by atoms with E-state index in [1.54, 1.807) is 58.0 Å². The predicted molar refractivity (Wildman–Crippen MR) is 206 cm³/mol. The van der Waals surface area contributed by atoms with Crippen LogP contribution in [0.4, 0.5) is 9.59 Å². The van der Waals surface area contributed by atoms with Crippen molar-refractivity contribution >= 4 is 47.5 Å². The zero-order chi connectivity index (χ0) is 43.0. The van der Waals surface area contributed by atoms with Crippen molar-refractivity contribution in [2.24, 2.45) is 11.8 Å². The van der Waals surface area contributed by atoms with Gasteiger partial charge >= 0.3 is 24.1 Å². The van der Waals surface area contributed by atoms with Crippen LogP contribution in [0.2, 0.25) is 0 Å². The molecule has 3 aliphatic heterocycles. The summed E-state index contributed by atoms with van der Waals surface area (Å²) in [6.07, 6.45) is 0.225. The van der Waals surface area contributed by atoms with Gasteiger partial charge in [0.1, 0.15) is 24.2 Å². The Labute approximate surface area is 341 Å². The highest BCUT2D eigenvalue weighted by molar-refractivity contribution is 6.03. The molecule has 3 heterocycles. The molecule has 4 amide bonds. The summed E-state index contributed by atoms with van der Waals surface area (Å²) < 4.78 is 31.4. The molecule has 4 atom stereocenters. The Morgan fingerprint density at radius 2 is 1.14 bits per heavy atom. The molecule has 0 aliphatic carbocycles. The Balaban J connectivity index is 1.18. The molecule has 2 N–H and O–H groups in total. The summed E-state index contributed by atoms with van der Waals surface area (Å²) in [4.78, 5) is 106. The molecule has 318 valence electrons. The van der Waals surface area contributed by atoms with Crippen LogP contribution in [-0.2, 0) is 38.1 Å². The molecular weight excluding hydrogens is 772 g/mol. The van der Waals surface area contributed by atoms with Crippen LogP contribution >= 0.6 is 0 Å². The molecule has 3 aliphatic rings. The molecular formula is C41H50N4O14. The molecule has 2 aromatic rings. The van der Waals surface area contributed by atoms with Gasteiger partial charge in [0.25, 0.3) is 0 Å². The first-order valence-electron chi connectivity index (χ1n) is 19.4. The fraction of sp³-hybridized carbons (Fsp3) is 0.512. The van der Waals surface area contributed by atoms with Gasteiger partial charge in [0.2, 0.25) is 24.4 Å². The van der Waals surface area contributed by atoms with E-state index in [0.29, 0.717) is 43.4 Å². The van der Waals surface area contributed by atoms with Gasteiger partial charge in [-0.2, -0.15) is 0 Å². The fourth-order valence-corrected chi connectivity index (χ4v) is 7.21. The number of amides is 4. The summed E-state index contributed by atoms with van der Waals surface area (Å²) in [6.45, 7) is 6.25. The summed E-state index contributed by atoms with van der Waals surface area (Å²) in [6, 6.07) is 5.90. The van der Waals surface area contributed by atoms with E-state index >= 15 is 0 Å². The molecule has 0 saturated carbocycles. The van der Waals surface area contributed by atoms with Gasteiger partial charge in [-0.25, -0.2) is 19.2 Å². The lowest BCUT2D eigenvalue weighted by Gasteiger charge is -2.29. The average Bonchev–Trinajstić information content (AvgIpc) is 4.04. The lowest BCUT2D eigenvalue weighted by Crippen LogP contribution is -2.54. The minimum Gasteiger partial charge on any atom is -0.456 e. The number of benzene rings is 2. The van der Waals surface area contributed by atoms with Gasteiger partial charge in [0, 0.05) is 24.2 Å². The van der Waals surface area contributed by atoms with Crippen molar-refractivity contribution in [2.45, 2.75) is 77.5 Å². The van der Waals surface area contributed by atoms with Crippen LogP contribution in [0.5, 0.6) is 11.5 Å². The summed E-state index contributed by atoms with van der Waals surface area (Å²) in [5.74, 6) is -3.54. The third-order valence-corrected chi connectivity index (χ3v) is 10.4. The highest BCUT2D eigenvalue weighted by atomic mass is 16.7. The molecule has 5 rings (SSSR count). The Hall–Kier alpha value is -6.20. The quantitative estimate of drug-likeness (QED) is 0.150. The average molecular weight is 823 g/mol. The predicted octanol–water partition coefficient (Wildman–Crippen LogP) is 3.28. The van der Waals surface area contributed by atoms with Crippen LogP contribution in [0, 0.1) is 11.8 Å². The second-order valence-electron chi connectivity index (χ2n) is 15.0.